The van der Waals surface area contributed by atoms with Gasteiger partial charge in [0.15, 0.2) is 0 Å². The van der Waals surface area contributed by atoms with Gasteiger partial charge < -0.3 is 10.2 Å². The molecule has 2 saturated heterocycles. The number of carbonyl (C=O) groups excluding carboxylic acids is 2. The lowest BCUT2D eigenvalue weighted by molar-refractivity contribution is -0.142. The highest BCUT2D eigenvalue weighted by atomic mass is 32.1. The zero-order valence-corrected chi connectivity index (χ0v) is 20.2. The Balaban J connectivity index is 1.28. The van der Waals surface area contributed by atoms with Crippen molar-refractivity contribution in [2.24, 2.45) is 35.5 Å². The molecule has 5 fully saturated rings. The summed E-state index contributed by atoms with van der Waals surface area (Å²) >= 11 is 1.32. The van der Waals surface area contributed by atoms with Crippen LogP contribution in [0.1, 0.15) is 64.9 Å². The van der Waals surface area contributed by atoms with E-state index < -0.39 is 79.9 Å². The van der Waals surface area contributed by atoms with Crippen LogP contribution in [-0.2, 0) is 9.59 Å². The molecule has 5 aliphatic rings. The molecule has 2 amide bonds. The second kappa shape index (κ2) is 8.84. The Labute approximate surface area is 225 Å². The minimum atomic E-state index is -3.58. The van der Waals surface area contributed by atoms with E-state index in [4.69, 9.17) is 11.0 Å². The standard InChI is InChI=1S/C28H36N4O2S/c33-27-24-18-9-10-19(13-18)25(24)28(34)32(27)15-20-6-2-1-5-17(20)14-21-16-31(12-11-29-21)26-22-7-3-4-8-23(22)35-30-26/h3-4,7-8,17-21,24-25,29H,1-2,5-6,9-16H2/t17-,18-,19?,20-,21?,24+,25-/m0/s1/i1D2,2D2,5D2,6D2,17D,20D. The van der Waals surface area contributed by atoms with E-state index in [1.807, 2.05) is 29.2 Å². The van der Waals surface area contributed by atoms with Gasteiger partial charge in [-0.25, -0.2) is 0 Å². The van der Waals surface area contributed by atoms with Gasteiger partial charge in [0.1, 0.15) is 5.82 Å². The summed E-state index contributed by atoms with van der Waals surface area (Å²) in [5.74, 6) is -7.67. The number of likely N-dealkylation sites (tertiary alicyclic amines) is 1. The predicted molar refractivity (Wildman–Crippen MR) is 138 cm³/mol. The third-order valence-electron chi connectivity index (χ3n) is 8.55. The van der Waals surface area contributed by atoms with E-state index in [-0.39, 0.29) is 18.4 Å². The van der Waals surface area contributed by atoms with Crippen LogP contribution in [0.25, 0.3) is 10.1 Å². The van der Waals surface area contributed by atoms with Gasteiger partial charge in [0.2, 0.25) is 11.8 Å². The fourth-order valence-electron chi connectivity index (χ4n) is 6.96. The number of carbonyl (C=O) groups is 2. The summed E-state index contributed by atoms with van der Waals surface area (Å²) in [5.41, 5.74) is 0. The van der Waals surface area contributed by atoms with Crippen LogP contribution in [0.4, 0.5) is 5.82 Å². The highest BCUT2D eigenvalue weighted by Crippen LogP contribution is 2.56. The van der Waals surface area contributed by atoms with Gasteiger partial charge in [-0.2, -0.15) is 4.37 Å². The van der Waals surface area contributed by atoms with E-state index in [1.54, 1.807) is 0 Å². The Morgan fingerprint density at radius 1 is 1.09 bits per heavy atom. The summed E-state index contributed by atoms with van der Waals surface area (Å²) in [7, 11) is 0. The van der Waals surface area contributed by atoms with E-state index in [0.717, 1.165) is 34.2 Å². The van der Waals surface area contributed by atoms with Crippen molar-refractivity contribution in [3.05, 3.63) is 24.3 Å². The summed E-state index contributed by atoms with van der Waals surface area (Å²) in [6, 6.07) is 6.93. The van der Waals surface area contributed by atoms with E-state index in [0.29, 0.717) is 18.9 Å². The normalized spacial score (nSPS) is 51.1. The molecule has 2 aromatic rings. The first-order valence-corrected chi connectivity index (χ1v) is 13.4. The number of nitrogens with zero attached hydrogens (tertiary/aromatic N) is 3. The number of hydrogen-bond donors (Lipinski definition) is 1. The first-order valence-electron chi connectivity index (χ1n) is 17.6. The summed E-state index contributed by atoms with van der Waals surface area (Å²) in [6.07, 6.45) is -12.3. The van der Waals surface area contributed by atoms with Gasteiger partial charge in [-0.3, -0.25) is 14.5 Å². The molecule has 3 aliphatic carbocycles. The molecular weight excluding hydrogens is 456 g/mol. The summed E-state index contributed by atoms with van der Waals surface area (Å²) in [5, 5.41) is 4.14. The quantitative estimate of drug-likeness (QED) is 0.618. The van der Waals surface area contributed by atoms with E-state index in [1.165, 1.54) is 11.5 Å². The molecule has 0 radical (unpaired) electrons. The lowest BCUT2D eigenvalue weighted by Crippen LogP contribution is -2.52. The Morgan fingerprint density at radius 2 is 1.83 bits per heavy atom. The van der Waals surface area contributed by atoms with Crippen molar-refractivity contribution in [2.75, 3.05) is 31.1 Å². The van der Waals surface area contributed by atoms with Gasteiger partial charge in [-0.1, -0.05) is 31.3 Å². The molecule has 3 heterocycles. The SMILES string of the molecule is [2H]C1([2H])C([2H])([2H])C([2H])([2H])[C@@]([2H])(CN2C(=O)[C@@H]3[C@H]4CCC(C4)[C@@H]3C2=O)[C@]([2H])(CC2CN(c3nsc4ccccc34)CCN2)C1([2H])[2H]. The molecule has 7 rings (SSSR count). The summed E-state index contributed by atoms with van der Waals surface area (Å²) in [6.45, 7) is 0.0705. The lowest BCUT2D eigenvalue weighted by Gasteiger charge is -2.39. The Bertz CT molecular complexity index is 1540. The van der Waals surface area contributed by atoms with Gasteiger partial charge in [0, 0.05) is 51.3 Å². The van der Waals surface area contributed by atoms with Gasteiger partial charge in [0.25, 0.3) is 0 Å². The zero-order valence-electron chi connectivity index (χ0n) is 29.4. The van der Waals surface area contributed by atoms with Crippen LogP contribution in [0.2, 0.25) is 0 Å². The molecule has 186 valence electrons. The van der Waals surface area contributed by atoms with Crippen molar-refractivity contribution >= 4 is 39.3 Å². The van der Waals surface area contributed by atoms with E-state index in [2.05, 4.69) is 9.69 Å². The lowest BCUT2D eigenvalue weighted by atomic mass is 9.75. The maximum atomic E-state index is 13.7. The molecule has 1 aromatic heterocycles. The van der Waals surface area contributed by atoms with Gasteiger partial charge in [0.05, 0.1) is 16.5 Å². The first kappa shape index (κ1) is 14.1. The van der Waals surface area contributed by atoms with Gasteiger partial charge >= 0.3 is 0 Å². The maximum Gasteiger partial charge on any atom is 0.233 e. The van der Waals surface area contributed by atoms with Crippen molar-refractivity contribution < 1.29 is 23.3 Å². The molecular formula is C28H36N4O2S. The minimum absolute atomic E-state index is 0.00163. The molecule has 3 saturated carbocycles. The van der Waals surface area contributed by atoms with Crippen LogP contribution in [0.3, 0.4) is 0 Å². The van der Waals surface area contributed by atoms with Crippen LogP contribution in [-0.4, -0.2) is 53.3 Å². The molecule has 6 nitrogen and oxygen atoms in total. The van der Waals surface area contributed by atoms with Crippen LogP contribution < -0.4 is 10.2 Å². The third-order valence-corrected chi connectivity index (χ3v) is 9.37. The largest absolute Gasteiger partial charge is 0.352 e. The summed E-state index contributed by atoms with van der Waals surface area (Å²) in [4.78, 5) is 30.1. The highest BCUT2D eigenvalue weighted by molar-refractivity contribution is 7.13. The number of rotatable bonds is 5. The second-order valence-electron chi connectivity index (χ2n) is 10.4. The van der Waals surface area contributed by atoms with E-state index in [9.17, 15) is 12.3 Å². The van der Waals surface area contributed by atoms with Crippen LogP contribution in [0.15, 0.2) is 24.3 Å². The van der Waals surface area contributed by atoms with Crippen molar-refractivity contribution in [1.29, 1.82) is 0 Å². The molecule has 1 aromatic carbocycles. The first-order chi connectivity index (χ1) is 20.9. The van der Waals surface area contributed by atoms with Gasteiger partial charge in [-0.05, 0) is 79.3 Å². The molecule has 2 unspecified atom stereocenters. The smallest absolute Gasteiger partial charge is 0.233 e. The average molecular weight is 503 g/mol. The van der Waals surface area contributed by atoms with Gasteiger partial charge in [-0.15, -0.1) is 0 Å². The van der Waals surface area contributed by atoms with Crippen LogP contribution in [0.5, 0.6) is 0 Å². The number of nitrogens with one attached hydrogen (secondary N) is 1. The molecule has 7 heteroatoms. The topological polar surface area (TPSA) is 65.5 Å². The van der Waals surface area contributed by atoms with Crippen molar-refractivity contribution in [3.8, 4) is 0 Å². The number of benzene rings is 1. The van der Waals surface area contributed by atoms with Crippen molar-refractivity contribution in [3.63, 3.8) is 0 Å². The van der Waals surface area contributed by atoms with Crippen LogP contribution >= 0.6 is 11.5 Å². The van der Waals surface area contributed by atoms with Crippen LogP contribution in [0, 0.1) is 35.5 Å². The Morgan fingerprint density at radius 3 is 2.63 bits per heavy atom. The van der Waals surface area contributed by atoms with E-state index >= 15 is 0 Å². The zero-order chi connectivity index (χ0) is 32.5. The number of fused-ring (bicyclic) bond motifs is 6. The molecule has 2 aliphatic heterocycles. The number of imide groups is 1. The molecule has 7 atom stereocenters. The number of aromatic nitrogens is 1. The molecule has 35 heavy (non-hydrogen) atoms. The number of anilines is 1. The predicted octanol–water partition coefficient (Wildman–Crippen LogP) is 4.30. The highest BCUT2D eigenvalue weighted by Gasteiger charge is 2.61. The second-order valence-corrected chi connectivity index (χ2v) is 11.2. The maximum absolute atomic E-state index is 13.7. The number of piperazine rings is 1. The fourth-order valence-corrected chi connectivity index (χ4v) is 7.76. The third kappa shape index (κ3) is 3.72. The van der Waals surface area contributed by atoms with Crippen molar-refractivity contribution in [2.45, 2.75) is 57.2 Å². The molecule has 0 spiro atoms. The number of amides is 2. The minimum Gasteiger partial charge on any atom is -0.352 e. The fraction of sp³-hybridized carbons (Fsp3) is 0.679. The summed E-state index contributed by atoms with van der Waals surface area (Å²) < 4.78 is 95.2. The molecule has 1 N–H and O–H groups in total. The monoisotopic (exact) mass is 502 g/mol. The average Bonchev–Trinajstić information content (AvgIpc) is 3.77. The Hall–Kier alpha value is -1.99. The number of hydrogen-bond acceptors (Lipinski definition) is 6. The van der Waals surface area contributed by atoms with Crippen molar-refractivity contribution in [1.82, 2.24) is 14.6 Å². The molecule has 2 bridgehead atoms. The Kier molecular flexibility index (Phi) is 3.56.